The minimum Gasteiger partial charge on any atom is -0.390 e. The van der Waals surface area contributed by atoms with Gasteiger partial charge >= 0.3 is 0 Å². The highest BCUT2D eigenvalue weighted by Gasteiger charge is 2.26. The first-order chi connectivity index (χ1) is 20.8. The molecule has 232 valence electrons. The van der Waals surface area contributed by atoms with Gasteiger partial charge in [0.1, 0.15) is 0 Å². The quantitative estimate of drug-likeness (QED) is 0.178. The zero-order valence-electron chi connectivity index (χ0n) is 24.9. The summed E-state index contributed by atoms with van der Waals surface area (Å²) < 4.78 is 54.3. The van der Waals surface area contributed by atoms with E-state index in [1.165, 1.54) is 22.5 Å². The molecule has 0 spiro atoms. The van der Waals surface area contributed by atoms with Crippen LogP contribution in [0.5, 0.6) is 0 Å². The fourth-order valence-corrected chi connectivity index (χ4v) is 5.96. The van der Waals surface area contributed by atoms with Crippen molar-refractivity contribution in [3.8, 4) is 0 Å². The summed E-state index contributed by atoms with van der Waals surface area (Å²) in [7, 11) is -3.74. The Labute approximate surface area is 257 Å². The maximum Gasteiger partial charge on any atom is 0.270 e. The molecule has 0 saturated heterocycles. The summed E-state index contributed by atoms with van der Waals surface area (Å²) in [6, 6.07) is 28.2. The minimum absolute atomic E-state index is 0.0828. The van der Waals surface area contributed by atoms with Crippen LogP contribution in [0.3, 0.4) is 0 Å². The third-order valence-corrected chi connectivity index (χ3v) is 8.16. The zero-order valence-corrected chi connectivity index (χ0v) is 25.7. The Bertz CT molecular complexity index is 1660. The van der Waals surface area contributed by atoms with Crippen molar-refractivity contribution < 1.29 is 27.1 Å². The molecule has 44 heavy (non-hydrogen) atoms. The third-order valence-electron chi connectivity index (χ3n) is 7.08. The van der Waals surface area contributed by atoms with Crippen LogP contribution < -0.4 is 14.9 Å². The molecule has 10 heteroatoms. The van der Waals surface area contributed by atoms with Gasteiger partial charge in [0, 0.05) is 31.1 Å². The average molecular weight is 622 g/mol. The van der Waals surface area contributed by atoms with Crippen molar-refractivity contribution in [2.45, 2.75) is 44.9 Å². The van der Waals surface area contributed by atoms with Crippen LogP contribution in [0.15, 0.2) is 103 Å². The number of hydrogen-bond donors (Lipinski definition) is 3. The number of anilines is 2. The standard InChI is InChI=1S/C34H37F2N3O4S/c1-24-17-27(21-30(18-24)39(44(3,42)43)29-15-8-5-9-16-29)33(41)38-31(20-25-11-6-4-7-12-25)32(40)23-37-22-26-13-10-14-28(19-26)34(2,35)36/h4-19,21,31-32,37,40H,20,22-23H2,1-3H3,(H,38,41). The largest absolute Gasteiger partial charge is 0.390 e. The number of carbonyl (C=O) groups is 1. The van der Waals surface area contributed by atoms with Crippen molar-refractivity contribution in [3.63, 3.8) is 0 Å². The van der Waals surface area contributed by atoms with Crippen molar-refractivity contribution in [1.29, 1.82) is 0 Å². The Morgan fingerprint density at radius 3 is 2.16 bits per heavy atom. The fraction of sp³-hybridized carbons (Fsp3) is 0.265. The van der Waals surface area contributed by atoms with E-state index in [4.69, 9.17) is 0 Å². The molecule has 2 unspecified atom stereocenters. The number of aliphatic hydroxyl groups is 1. The number of amides is 1. The van der Waals surface area contributed by atoms with Crippen LogP contribution in [0.2, 0.25) is 0 Å². The van der Waals surface area contributed by atoms with Gasteiger partial charge in [0.25, 0.3) is 11.8 Å². The molecule has 0 aromatic heterocycles. The van der Waals surface area contributed by atoms with E-state index >= 15 is 0 Å². The summed E-state index contributed by atoms with van der Waals surface area (Å²) >= 11 is 0. The first kappa shape index (κ1) is 32.8. The highest BCUT2D eigenvalue weighted by atomic mass is 32.2. The zero-order chi connectivity index (χ0) is 31.9. The molecule has 1 amide bonds. The van der Waals surface area contributed by atoms with Crippen LogP contribution in [0.1, 0.15) is 39.5 Å². The van der Waals surface area contributed by atoms with Gasteiger partial charge in [-0.05, 0) is 66.4 Å². The van der Waals surface area contributed by atoms with Gasteiger partial charge in [0.2, 0.25) is 10.0 Å². The molecule has 0 aliphatic carbocycles. The van der Waals surface area contributed by atoms with Gasteiger partial charge < -0.3 is 15.7 Å². The smallest absolute Gasteiger partial charge is 0.270 e. The lowest BCUT2D eigenvalue weighted by Gasteiger charge is -2.26. The molecule has 4 aromatic carbocycles. The molecule has 4 aromatic rings. The van der Waals surface area contributed by atoms with Crippen molar-refractivity contribution in [3.05, 3.63) is 131 Å². The summed E-state index contributed by atoms with van der Waals surface area (Å²) in [6.07, 6.45) is 0.396. The number of aryl methyl sites for hydroxylation is 1. The van der Waals surface area contributed by atoms with Crippen LogP contribution >= 0.6 is 0 Å². The van der Waals surface area contributed by atoms with Crippen LogP contribution in [0.25, 0.3) is 0 Å². The second kappa shape index (κ2) is 14.1. The molecule has 0 bridgehead atoms. The number of para-hydroxylation sites is 1. The van der Waals surface area contributed by atoms with Crippen LogP contribution in [0.4, 0.5) is 20.2 Å². The maximum atomic E-state index is 13.8. The topological polar surface area (TPSA) is 98.7 Å². The second-order valence-corrected chi connectivity index (χ2v) is 12.8. The summed E-state index contributed by atoms with van der Waals surface area (Å²) in [5.41, 5.74) is 3.10. The molecule has 3 N–H and O–H groups in total. The van der Waals surface area contributed by atoms with Crippen LogP contribution in [-0.2, 0) is 28.9 Å². The lowest BCUT2D eigenvalue weighted by Crippen LogP contribution is -2.48. The number of aliphatic hydroxyl groups excluding tert-OH is 1. The Hall–Kier alpha value is -4.12. The molecule has 0 fully saturated rings. The molecular formula is C34H37F2N3O4S. The molecular weight excluding hydrogens is 584 g/mol. The minimum atomic E-state index is -3.74. The van der Waals surface area contributed by atoms with Crippen molar-refractivity contribution >= 4 is 27.3 Å². The van der Waals surface area contributed by atoms with E-state index in [1.54, 1.807) is 61.5 Å². The lowest BCUT2D eigenvalue weighted by atomic mass is 10.00. The van der Waals surface area contributed by atoms with Gasteiger partial charge in [-0.25, -0.2) is 21.5 Å². The van der Waals surface area contributed by atoms with E-state index in [0.29, 0.717) is 28.9 Å². The predicted octanol–water partition coefficient (Wildman–Crippen LogP) is 5.70. The van der Waals surface area contributed by atoms with E-state index in [9.17, 15) is 27.1 Å². The molecule has 0 heterocycles. The summed E-state index contributed by atoms with van der Waals surface area (Å²) in [6.45, 7) is 2.95. The number of rotatable bonds is 13. The number of carbonyl (C=O) groups excluding carboxylic acids is 1. The number of sulfonamides is 1. The fourth-order valence-electron chi connectivity index (χ4n) is 4.97. The number of benzene rings is 4. The van der Waals surface area contributed by atoms with Gasteiger partial charge in [-0.2, -0.15) is 0 Å². The van der Waals surface area contributed by atoms with Gasteiger partial charge in [-0.15, -0.1) is 0 Å². The highest BCUT2D eigenvalue weighted by molar-refractivity contribution is 7.92. The van der Waals surface area contributed by atoms with E-state index in [0.717, 1.165) is 18.7 Å². The molecule has 0 aliphatic rings. The van der Waals surface area contributed by atoms with Crippen LogP contribution in [-0.4, -0.2) is 44.4 Å². The Balaban J connectivity index is 1.54. The number of halogens is 2. The van der Waals surface area contributed by atoms with Gasteiger partial charge in [-0.1, -0.05) is 66.7 Å². The number of alkyl halides is 2. The third kappa shape index (κ3) is 8.95. The van der Waals surface area contributed by atoms with Crippen molar-refractivity contribution in [2.24, 2.45) is 0 Å². The summed E-state index contributed by atoms with van der Waals surface area (Å²) in [4.78, 5) is 13.6. The Morgan fingerprint density at radius 1 is 0.886 bits per heavy atom. The molecule has 0 aliphatic heterocycles. The summed E-state index contributed by atoms with van der Waals surface area (Å²) in [5.74, 6) is -3.44. The average Bonchev–Trinajstić information content (AvgIpc) is 2.96. The maximum absolute atomic E-state index is 13.8. The second-order valence-electron chi connectivity index (χ2n) is 11.0. The van der Waals surface area contributed by atoms with E-state index in [2.05, 4.69) is 10.6 Å². The SMILES string of the molecule is Cc1cc(C(=O)NC(Cc2ccccc2)C(O)CNCc2cccc(C(C)(F)F)c2)cc(N(c2ccccc2)S(C)(=O)=O)c1. The first-order valence-corrected chi connectivity index (χ1v) is 16.0. The highest BCUT2D eigenvalue weighted by Crippen LogP contribution is 2.30. The molecule has 0 radical (unpaired) electrons. The van der Waals surface area contributed by atoms with E-state index < -0.39 is 34.0 Å². The van der Waals surface area contributed by atoms with Crippen molar-refractivity contribution in [2.75, 3.05) is 17.1 Å². The molecule has 4 rings (SSSR count). The number of hydrogen-bond acceptors (Lipinski definition) is 5. The Kier molecular flexibility index (Phi) is 10.5. The van der Waals surface area contributed by atoms with E-state index in [1.807, 2.05) is 30.3 Å². The van der Waals surface area contributed by atoms with Gasteiger partial charge in [0.15, 0.2) is 0 Å². The Morgan fingerprint density at radius 2 is 1.52 bits per heavy atom. The molecule has 2 atom stereocenters. The van der Waals surface area contributed by atoms with Crippen LogP contribution in [0, 0.1) is 6.92 Å². The van der Waals surface area contributed by atoms with Crippen molar-refractivity contribution in [1.82, 2.24) is 10.6 Å². The lowest BCUT2D eigenvalue weighted by molar-refractivity contribution is 0.0174. The molecule has 7 nitrogen and oxygen atoms in total. The number of nitrogens with zero attached hydrogens (tertiary/aromatic N) is 1. The van der Waals surface area contributed by atoms with Gasteiger partial charge in [-0.3, -0.25) is 4.79 Å². The normalized spacial score (nSPS) is 13.2. The number of nitrogens with one attached hydrogen (secondary N) is 2. The monoisotopic (exact) mass is 621 g/mol. The predicted molar refractivity (Wildman–Crippen MR) is 170 cm³/mol. The molecule has 0 saturated carbocycles. The first-order valence-electron chi connectivity index (χ1n) is 14.2. The summed E-state index contributed by atoms with van der Waals surface area (Å²) in [5, 5.41) is 17.2. The van der Waals surface area contributed by atoms with Gasteiger partial charge in [0.05, 0.1) is 29.8 Å². The van der Waals surface area contributed by atoms with E-state index in [-0.39, 0.29) is 24.2 Å².